The number of ether oxygens (including phenoxy) is 2. The molecule has 2 aromatic carbocycles. The Morgan fingerprint density at radius 2 is 1.06 bits per heavy atom. The van der Waals surface area contributed by atoms with Gasteiger partial charge in [0.1, 0.15) is 11.5 Å². The number of anilines is 2. The first-order valence-corrected chi connectivity index (χ1v) is 15.7. The maximum Gasteiger partial charge on any atom is 0.245 e. The molecular weight excluding hydrogens is 467 g/mol. The Kier molecular flexibility index (Phi) is 12.8. The van der Waals surface area contributed by atoms with Gasteiger partial charge in [0, 0.05) is 11.4 Å². The summed E-state index contributed by atoms with van der Waals surface area (Å²) in [6.45, 7) is 5.24. The Bertz CT molecular complexity index is 778. The zero-order valence-electron chi connectivity index (χ0n) is 21.7. The Balaban J connectivity index is 0.000000223. The minimum Gasteiger partial charge on any atom is -0.494 e. The average Bonchev–Trinajstić information content (AvgIpc) is 2.88. The molecule has 0 aromatic heterocycles. The van der Waals surface area contributed by atoms with Crippen LogP contribution in [0.2, 0.25) is 9.56 Å². The Labute approximate surface area is 224 Å². The molecule has 2 aliphatic rings. The van der Waals surface area contributed by atoms with E-state index < -0.39 is 0 Å². The number of hydrogen-bond donors (Lipinski definition) is 2. The quantitative estimate of drug-likeness (QED) is 0.277. The summed E-state index contributed by atoms with van der Waals surface area (Å²) in [6.07, 6.45) is 15.8. The van der Waals surface area contributed by atoms with Crippen molar-refractivity contribution in [1.82, 2.24) is 0 Å². The third-order valence-corrected chi connectivity index (χ3v) is 10.1. The SMILES string of the molecule is C1CC[CH]([AlH][CH]2CCCCC2)CC1.CCOc1ccc(NC(=S)Nc2ccc(OCC)cc2)cc1. The minimum absolute atomic E-state index is 0.320. The fourth-order valence-electron chi connectivity index (χ4n) is 5.21. The van der Waals surface area contributed by atoms with Gasteiger partial charge in [-0.15, -0.1) is 0 Å². The predicted molar refractivity (Wildman–Crippen MR) is 156 cm³/mol. The fraction of sp³-hybridized carbons (Fsp3) is 0.552. The molecule has 0 aliphatic heterocycles. The second-order valence-electron chi connectivity index (χ2n) is 9.74. The van der Waals surface area contributed by atoms with E-state index in [2.05, 4.69) is 10.6 Å². The van der Waals surface area contributed by atoms with Crippen LogP contribution in [0.1, 0.15) is 78.1 Å². The summed E-state index contributed by atoms with van der Waals surface area (Å²) in [4.78, 5) is 0. The third-order valence-electron chi connectivity index (χ3n) is 6.96. The lowest BCUT2D eigenvalue weighted by molar-refractivity contribution is 0.340. The highest BCUT2D eigenvalue weighted by atomic mass is 32.1. The summed E-state index contributed by atoms with van der Waals surface area (Å²) in [7, 11) is 0. The molecule has 2 aromatic rings. The highest BCUT2D eigenvalue weighted by Crippen LogP contribution is 2.36. The normalized spacial score (nSPS) is 16.4. The van der Waals surface area contributed by atoms with Gasteiger partial charge in [0.25, 0.3) is 0 Å². The number of rotatable bonds is 8. The van der Waals surface area contributed by atoms with Crippen LogP contribution in [0.25, 0.3) is 0 Å². The summed E-state index contributed by atoms with van der Waals surface area (Å²) in [5, 5.41) is 6.80. The van der Waals surface area contributed by atoms with Crippen LogP contribution in [-0.4, -0.2) is 33.5 Å². The number of nitrogens with one attached hydrogen (secondary N) is 2. The number of hydrogen-bond acceptors (Lipinski definition) is 3. The Morgan fingerprint density at radius 3 is 1.40 bits per heavy atom. The van der Waals surface area contributed by atoms with Gasteiger partial charge in [0.05, 0.1) is 13.2 Å². The van der Waals surface area contributed by atoms with E-state index in [-0.39, 0.29) is 0 Å². The van der Waals surface area contributed by atoms with Crippen molar-refractivity contribution in [1.29, 1.82) is 0 Å². The van der Waals surface area contributed by atoms with Gasteiger partial charge in [-0.25, -0.2) is 0 Å². The van der Waals surface area contributed by atoms with Crippen molar-refractivity contribution < 1.29 is 9.47 Å². The second kappa shape index (κ2) is 16.1. The maximum atomic E-state index is 5.40. The van der Waals surface area contributed by atoms with E-state index in [4.69, 9.17) is 21.7 Å². The molecule has 190 valence electrons. The van der Waals surface area contributed by atoms with Gasteiger partial charge in [-0.1, -0.05) is 73.8 Å². The van der Waals surface area contributed by atoms with Crippen LogP contribution in [0, 0.1) is 0 Å². The van der Waals surface area contributed by atoms with Gasteiger partial charge >= 0.3 is 0 Å². The fourth-order valence-corrected chi connectivity index (χ4v) is 8.49. The lowest BCUT2D eigenvalue weighted by Crippen LogP contribution is -2.18. The van der Waals surface area contributed by atoms with Crippen LogP contribution in [0.15, 0.2) is 48.5 Å². The second-order valence-corrected chi connectivity index (χ2v) is 12.9. The first-order valence-electron chi connectivity index (χ1n) is 13.7. The summed E-state index contributed by atoms with van der Waals surface area (Å²) < 4.78 is 13.3. The molecule has 35 heavy (non-hydrogen) atoms. The molecule has 0 unspecified atom stereocenters. The Morgan fingerprint density at radius 1 is 0.686 bits per heavy atom. The van der Waals surface area contributed by atoms with Crippen LogP contribution in [0.5, 0.6) is 11.5 Å². The van der Waals surface area contributed by atoms with Crippen LogP contribution in [-0.2, 0) is 0 Å². The van der Waals surface area contributed by atoms with Crippen LogP contribution in [0.4, 0.5) is 11.4 Å². The molecule has 0 amide bonds. The first kappa shape index (κ1) is 27.8. The van der Waals surface area contributed by atoms with Crippen molar-refractivity contribution in [2.75, 3.05) is 23.8 Å². The van der Waals surface area contributed by atoms with Gasteiger partial charge in [-0.05, 0) is 74.6 Å². The highest BCUT2D eigenvalue weighted by Gasteiger charge is 2.22. The smallest absolute Gasteiger partial charge is 0.245 e. The van der Waals surface area contributed by atoms with Gasteiger partial charge in [-0.2, -0.15) is 0 Å². The van der Waals surface area contributed by atoms with Crippen molar-refractivity contribution in [3.63, 3.8) is 0 Å². The number of benzene rings is 2. The zero-order valence-corrected chi connectivity index (χ0v) is 23.9. The van der Waals surface area contributed by atoms with Crippen molar-refractivity contribution >= 4 is 43.9 Å². The molecule has 2 aliphatic carbocycles. The first-order chi connectivity index (χ1) is 17.2. The molecule has 0 bridgehead atoms. The van der Waals surface area contributed by atoms with E-state index in [1.54, 1.807) is 51.4 Å². The zero-order chi connectivity index (χ0) is 24.7. The molecular formula is C29H43AlN2O2S. The number of thiocarbonyl (C=S) groups is 1. The molecule has 0 heterocycles. The molecule has 4 rings (SSSR count). The van der Waals surface area contributed by atoms with Crippen molar-refractivity contribution in [2.24, 2.45) is 0 Å². The predicted octanol–water partition coefficient (Wildman–Crippen LogP) is 8.22. The topological polar surface area (TPSA) is 42.5 Å². The Hall–Kier alpha value is -1.74. The van der Waals surface area contributed by atoms with Gasteiger partial charge in [0.15, 0.2) is 5.11 Å². The minimum atomic E-state index is 0.320. The molecule has 0 saturated heterocycles. The molecule has 0 radical (unpaired) electrons. The summed E-state index contributed by atoms with van der Waals surface area (Å²) in [5.74, 6) is 1.69. The van der Waals surface area contributed by atoms with Crippen LogP contribution < -0.4 is 20.1 Å². The maximum absolute atomic E-state index is 5.40. The van der Waals surface area contributed by atoms with Crippen LogP contribution in [0.3, 0.4) is 0 Å². The van der Waals surface area contributed by atoms with E-state index >= 15 is 0 Å². The monoisotopic (exact) mass is 510 g/mol. The molecule has 2 saturated carbocycles. The van der Waals surface area contributed by atoms with E-state index in [1.807, 2.05) is 62.4 Å². The average molecular weight is 511 g/mol. The third kappa shape index (κ3) is 10.8. The molecule has 6 heteroatoms. The van der Waals surface area contributed by atoms with Gasteiger partial charge in [-0.3, -0.25) is 0 Å². The largest absolute Gasteiger partial charge is 0.494 e. The van der Waals surface area contributed by atoms with E-state index in [0.29, 0.717) is 33.5 Å². The summed E-state index contributed by atoms with van der Waals surface area (Å²) in [6, 6.07) is 15.3. The summed E-state index contributed by atoms with van der Waals surface area (Å²) in [5.41, 5.74) is 1.82. The van der Waals surface area contributed by atoms with Crippen molar-refractivity contribution in [2.45, 2.75) is 87.6 Å². The lowest BCUT2D eigenvalue weighted by Gasteiger charge is -2.27. The molecule has 4 nitrogen and oxygen atoms in total. The van der Waals surface area contributed by atoms with Gasteiger partial charge < -0.3 is 20.1 Å². The van der Waals surface area contributed by atoms with E-state index in [1.165, 1.54) is 22.4 Å². The van der Waals surface area contributed by atoms with Gasteiger partial charge in [0.2, 0.25) is 15.2 Å². The summed E-state index contributed by atoms with van der Waals surface area (Å²) >= 11 is 5.62. The van der Waals surface area contributed by atoms with Crippen molar-refractivity contribution in [3.05, 3.63) is 48.5 Å². The molecule has 2 N–H and O–H groups in total. The standard InChI is InChI=1S/C17H20N2O2S.2C6H11.Al.H/c1-3-20-15-9-5-13(6-10-15)18-17(22)19-14-7-11-16(12-8-14)21-4-2;2*1-2-4-6-5-3-1;;/h5-12H,3-4H2,1-2H3,(H2,18,19,22);2*1H,2-6H2;;. The molecule has 2 fully saturated rings. The van der Waals surface area contributed by atoms with E-state index in [0.717, 1.165) is 22.9 Å². The van der Waals surface area contributed by atoms with E-state index in [9.17, 15) is 0 Å². The molecule has 0 atom stereocenters. The highest BCUT2D eigenvalue weighted by molar-refractivity contribution is 7.80. The molecule has 0 spiro atoms. The van der Waals surface area contributed by atoms with Crippen LogP contribution >= 0.6 is 12.2 Å². The lowest BCUT2D eigenvalue weighted by atomic mass is 9.99. The van der Waals surface area contributed by atoms with Crippen molar-refractivity contribution in [3.8, 4) is 11.5 Å².